The van der Waals surface area contributed by atoms with Gasteiger partial charge < -0.3 is 10.1 Å². The Balaban J connectivity index is 1.73. The first kappa shape index (κ1) is 14.3. The van der Waals surface area contributed by atoms with Crippen molar-refractivity contribution in [2.75, 3.05) is 26.2 Å². The number of rotatable bonds is 5. The van der Waals surface area contributed by atoms with Crippen LogP contribution in [-0.2, 0) is 4.74 Å². The third-order valence-electron chi connectivity index (χ3n) is 4.44. The van der Waals surface area contributed by atoms with Crippen LogP contribution in [0.5, 0.6) is 0 Å². The predicted molar refractivity (Wildman–Crippen MR) is 75.9 cm³/mol. The second-order valence-electron chi connectivity index (χ2n) is 6.16. The van der Waals surface area contributed by atoms with Gasteiger partial charge >= 0.3 is 0 Å². The van der Waals surface area contributed by atoms with Crippen molar-refractivity contribution in [3.05, 3.63) is 0 Å². The summed E-state index contributed by atoms with van der Waals surface area (Å²) < 4.78 is 5.79. The average Bonchev–Trinajstić information content (AvgIpc) is 2.73. The maximum absolute atomic E-state index is 5.79. The van der Waals surface area contributed by atoms with E-state index in [-0.39, 0.29) is 0 Å². The van der Waals surface area contributed by atoms with Crippen molar-refractivity contribution in [2.45, 2.75) is 64.7 Å². The molecule has 0 spiro atoms. The summed E-state index contributed by atoms with van der Waals surface area (Å²) in [6, 6.07) is 0.783. The fourth-order valence-electron chi connectivity index (χ4n) is 3.73. The predicted octanol–water partition coefficient (Wildman–Crippen LogP) is 2.26. The SMILES string of the molecule is CCNC1CCCC1CCN1C[C@@H](C)O[C@@H](C)C1. The summed E-state index contributed by atoms with van der Waals surface area (Å²) in [7, 11) is 0. The molecular formula is C15H30N2O. The van der Waals surface area contributed by atoms with Gasteiger partial charge in [-0.15, -0.1) is 0 Å². The number of ether oxygens (including phenoxy) is 1. The van der Waals surface area contributed by atoms with E-state index in [1.807, 2.05) is 0 Å². The molecule has 2 rings (SSSR count). The molecule has 18 heavy (non-hydrogen) atoms. The summed E-state index contributed by atoms with van der Waals surface area (Å²) >= 11 is 0. The van der Waals surface area contributed by atoms with Crippen molar-refractivity contribution in [1.82, 2.24) is 10.2 Å². The van der Waals surface area contributed by atoms with Gasteiger partial charge in [0.25, 0.3) is 0 Å². The number of hydrogen-bond donors (Lipinski definition) is 1. The lowest BCUT2D eigenvalue weighted by Crippen LogP contribution is -2.46. The van der Waals surface area contributed by atoms with Gasteiger partial charge in [-0.25, -0.2) is 0 Å². The van der Waals surface area contributed by atoms with Crippen LogP contribution in [-0.4, -0.2) is 49.3 Å². The van der Waals surface area contributed by atoms with E-state index in [0.717, 1.165) is 31.6 Å². The second-order valence-corrected chi connectivity index (χ2v) is 6.16. The average molecular weight is 254 g/mol. The van der Waals surface area contributed by atoms with Gasteiger partial charge in [0.05, 0.1) is 12.2 Å². The first-order valence-corrected chi connectivity index (χ1v) is 7.80. The van der Waals surface area contributed by atoms with Gasteiger partial charge in [0.1, 0.15) is 0 Å². The van der Waals surface area contributed by atoms with Crippen molar-refractivity contribution in [3.8, 4) is 0 Å². The molecule has 0 amide bonds. The van der Waals surface area contributed by atoms with Crippen LogP contribution in [0.3, 0.4) is 0 Å². The maximum Gasteiger partial charge on any atom is 0.0678 e. The Morgan fingerprint density at radius 3 is 2.56 bits per heavy atom. The van der Waals surface area contributed by atoms with Gasteiger partial charge in [0.2, 0.25) is 0 Å². The van der Waals surface area contributed by atoms with Crippen LogP contribution in [0.15, 0.2) is 0 Å². The number of hydrogen-bond acceptors (Lipinski definition) is 3. The fourth-order valence-corrected chi connectivity index (χ4v) is 3.73. The Morgan fingerprint density at radius 1 is 1.17 bits per heavy atom. The quantitative estimate of drug-likeness (QED) is 0.814. The highest BCUT2D eigenvalue weighted by atomic mass is 16.5. The minimum atomic E-state index is 0.405. The van der Waals surface area contributed by atoms with E-state index in [9.17, 15) is 0 Å². The second kappa shape index (κ2) is 6.88. The number of nitrogens with zero attached hydrogens (tertiary/aromatic N) is 1. The van der Waals surface area contributed by atoms with Crippen molar-refractivity contribution in [2.24, 2.45) is 5.92 Å². The summed E-state index contributed by atoms with van der Waals surface area (Å²) in [4.78, 5) is 2.60. The molecule has 3 nitrogen and oxygen atoms in total. The summed E-state index contributed by atoms with van der Waals surface area (Å²) in [6.07, 6.45) is 6.39. The van der Waals surface area contributed by atoms with E-state index in [2.05, 4.69) is 31.0 Å². The highest BCUT2D eigenvalue weighted by molar-refractivity contribution is 4.84. The molecule has 1 N–H and O–H groups in total. The van der Waals surface area contributed by atoms with Gasteiger partial charge in [-0.3, -0.25) is 4.90 Å². The van der Waals surface area contributed by atoms with Crippen LogP contribution in [0.2, 0.25) is 0 Å². The van der Waals surface area contributed by atoms with Crippen molar-refractivity contribution >= 4 is 0 Å². The summed E-state index contributed by atoms with van der Waals surface area (Å²) in [5.74, 6) is 0.901. The standard InChI is InChI=1S/C15H30N2O/c1-4-16-15-7-5-6-14(15)8-9-17-10-12(2)18-13(3)11-17/h12-16H,4-11H2,1-3H3/t12-,13+,14?,15?. The molecule has 2 unspecified atom stereocenters. The molecule has 0 aromatic carbocycles. The third kappa shape index (κ3) is 3.94. The van der Waals surface area contributed by atoms with E-state index in [1.54, 1.807) is 0 Å². The Kier molecular flexibility index (Phi) is 5.46. The molecule has 106 valence electrons. The van der Waals surface area contributed by atoms with E-state index >= 15 is 0 Å². The number of nitrogens with one attached hydrogen (secondary N) is 1. The zero-order chi connectivity index (χ0) is 13.0. The highest BCUT2D eigenvalue weighted by Gasteiger charge is 2.28. The van der Waals surface area contributed by atoms with Crippen LogP contribution in [0.1, 0.15) is 46.5 Å². The van der Waals surface area contributed by atoms with Crippen LogP contribution in [0.25, 0.3) is 0 Å². The Morgan fingerprint density at radius 2 is 1.89 bits per heavy atom. The lowest BCUT2D eigenvalue weighted by molar-refractivity contribution is -0.0690. The largest absolute Gasteiger partial charge is 0.373 e. The molecule has 1 aliphatic heterocycles. The van der Waals surface area contributed by atoms with Crippen LogP contribution in [0, 0.1) is 5.92 Å². The van der Waals surface area contributed by atoms with Gasteiger partial charge in [-0.2, -0.15) is 0 Å². The first-order chi connectivity index (χ1) is 8.69. The summed E-state index contributed by atoms with van der Waals surface area (Å²) in [6.45, 7) is 11.2. The lowest BCUT2D eigenvalue weighted by Gasteiger charge is -2.36. The topological polar surface area (TPSA) is 24.5 Å². The summed E-state index contributed by atoms with van der Waals surface area (Å²) in [5.41, 5.74) is 0. The zero-order valence-electron chi connectivity index (χ0n) is 12.3. The molecular weight excluding hydrogens is 224 g/mol. The van der Waals surface area contributed by atoms with E-state index < -0.39 is 0 Å². The molecule has 2 fully saturated rings. The maximum atomic E-state index is 5.79. The Labute approximate surface area is 112 Å². The lowest BCUT2D eigenvalue weighted by atomic mass is 9.99. The summed E-state index contributed by atoms with van der Waals surface area (Å²) in [5, 5.41) is 3.66. The van der Waals surface area contributed by atoms with E-state index in [0.29, 0.717) is 12.2 Å². The Hall–Kier alpha value is -0.120. The van der Waals surface area contributed by atoms with Crippen molar-refractivity contribution in [1.29, 1.82) is 0 Å². The minimum absolute atomic E-state index is 0.405. The molecule has 1 heterocycles. The molecule has 0 bridgehead atoms. The molecule has 0 radical (unpaired) electrons. The van der Waals surface area contributed by atoms with Gasteiger partial charge in [0.15, 0.2) is 0 Å². The highest BCUT2D eigenvalue weighted by Crippen LogP contribution is 2.28. The normalized spacial score (nSPS) is 38.2. The Bertz CT molecular complexity index is 237. The third-order valence-corrected chi connectivity index (χ3v) is 4.44. The minimum Gasteiger partial charge on any atom is -0.373 e. The van der Waals surface area contributed by atoms with Crippen molar-refractivity contribution in [3.63, 3.8) is 0 Å². The van der Waals surface area contributed by atoms with E-state index in [4.69, 9.17) is 4.74 Å². The van der Waals surface area contributed by atoms with E-state index in [1.165, 1.54) is 32.2 Å². The number of morpholine rings is 1. The molecule has 2 aliphatic rings. The molecule has 3 heteroatoms. The van der Waals surface area contributed by atoms with Gasteiger partial charge in [-0.05, 0) is 52.1 Å². The smallest absolute Gasteiger partial charge is 0.0678 e. The van der Waals surface area contributed by atoms with Crippen molar-refractivity contribution < 1.29 is 4.74 Å². The molecule has 0 aromatic rings. The van der Waals surface area contributed by atoms with Crippen LogP contribution in [0.4, 0.5) is 0 Å². The van der Waals surface area contributed by atoms with Crippen LogP contribution >= 0.6 is 0 Å². The first-order valence-electron chi connectivity index (χ1n) is 7.80. The molecule has 4 atom stereocenters. The monoisotopic (exact) mass is 254 g/mol. The molecule has 1 aliphatic carbocycles. The zero-order valence-corrected chi connectivity index (χ0v) is 12.3. The fraction of sp³-hybridized carbons (Fsp3) is 1.00. The molecule has 1 saturated carbocycles. The van der Waals surface area contributed by atoms with Gasteiger partial charge in [-0.1, -0.05) is 13.3 Å². The van der Waals surface area contributed by atoms with Gasteiger partial charge in [0, 0.05) is 19.1 Å². The molecule has 1 saturated heterocycles. The van der Waals surface area contributed by atoms with Crippen LogP contribution < -0.4 is 5.32 Å². The molecule has 0 aromatic heterocycles.